The van der Waals surface area contributed by atoms with Crippen molar-refractivity contribution in [2.45, 2.75) is 26.0 Å². The van der Waals surface area contributed by atoms with Crippen LogP contribution < -0.4 is 10.6 Å². The summed E-state index contributed by atoms with van der Waals surface area (Å²) in [5.74, 6) is -1.68. The molecule has 0 unspecified atom stereocenters. The van der Waals surface area contributed by atoms with Crippen LogP contribution in [0.15, 0.2) is 54.6 Å². The third-order valence-corrected chi connectivity index (χ3v) is 3.85. The second kappa shape index (κ2) is 9.01. The predicted octanol–water partition coefficient (Wildman–Crippen LogP) is 3.03. The number of nitrogens with one attached hydrogen (secondary N) is 2. The van der Waals surface area contributed by atoms with Crippen molar-refractivity contribution in [1.29, 1.82) is 0 Å². The van der Waals surface area contributed by atoms with E-state index in [4.69, 9.17) is 16.3 Å². The number of para-hydroxylation sites is 1. The van der Waals surface area contributed by atoms with Crippen molar-refractivity contribution in [1.82, 2.24) is 5.32 Å². The first kappa shape index (κ1) is 19.5. The average Bonchev–Trinajstić information content (AvgIpc) is 2.62. The fourth-order valence-electron chi connectivity index (χ4n) is 2.07. The second-order valence-corrected chi connectivity index (χ2v) is 6.02. The van der Waals surface area contributed by atoms with Gasteiger partial charge >= 0.3 is 5.97 Å². The highest BCUT2D eigenvalue weighted by Gasteiger charge is 2.24. The Kier molecular flexibility index (Phi) is 6.74. The minimum Gasteiger partial charge on any atom is -0.451 e. The van der Waals surface area contributed by atoms with Crippen LogP contribution in [0.25, 0.3) is 0 Å². The van der Waals surface area contributed by atoms with E-state index in [9.17, 15) is 14.4 Å². The summed E-state index contributed by atoms with van der Waals surface area (Å²) < 4.78 is 5.11. The van der Waals surface area contributed by atoms with E-state index >= 15 is 0 Å². The Hall–Kier alpha value is -2.86. The van der Waals surface area contributed by atoms with Crippen LogP contribution in [0.1, 0.15) is 24.2 Å². The van der Waals surface area contributed by atoms with Crippen molar-refractivity contribution in [3.63, 3.8) is 0 Å². The van der Waals surface area contributed by atoms with Gasteiger partial charge in [0.15, 0.2) is 6.10 Å². The molecule has 0 aliphatic rings. The zero-order valence-electron chi connectivity index (χ0n) is 14.4. The number of esters is 1. The lowest BCUT2D eigenvalue weighted by molar-refractivity contribution is -0.154. The smallest absolute Gasteiger partial charge is 0.329 e. The number of benzene rings is 2. The van der Waals surface area contributed by atoms with E-state index in [1.54, 1.807) is 48.5 Å². The van der Waals surface area contributed by atoms with Crippen LogP contribution in [0.4, 0.5) is 5.69 Å². The molecule has 2 atom stereocenters. The number of hydrogen-bond acceptors (Lipinski definition) is 4. The van der Waals surface area contributed by atoms with Gasteiger partial charge in [-0.2, -0.15) is 0 Å². The number of rotatable bonds is 6. The van der Waals surface area contributed by atoms with Crippen LogP contribution in [-0.4, -0.2) is 29.9 Å². The summed E-state index contributed by atoms with van der Waals surface area (Å²) in [4.78, 5) is 36.3. The van der Waals surface area contributed by atoms with Crippen molar-refractivity contribution in [3.8, 4) is 0 Å². The number of amides is 2. The van der Waals surface area contributed by atoms with Gasteiger partial charge in [0.25, 0.3) is 11.8 Å². The molecular formula is C19H19ClN2O4. The fraction of sp³-hybridized carbons (Fsp3) is 0.211. The molecule has 2 rings (SSSR count). The van der Waals surface area contributed by atoms with E-state index in [2.05, 4.69) is 10.6 Å². The Morgan fingerprint density at radius 1 is 0.962 bits per heavy atom. The Labute approximate surface area is 156 Å². The Balaban J connectivity index is 1.88. The monoisotopic (exact) mass is 374 g/mol. The van der Waals surface area contributed by atoms with Gasteiger partial charge in [-0.05, 0) is 38.1 Å². The number of ether oxygens (including phenoxy) is 1. The van der Waals surface area contributed by atoms with Gasteiger partial charge in [0.05, 0.1) is 10.6 Å². The molecule has 2 aromatic rings. The highest BCUT2D eigenvalue weighted by Crippen LogP contribution is 2.15. The van der Waals surface area contributed by atoms with Crippen LogP contribution in [-0.2, 0) is 14.3 Å². The quantitative estimate of drug-likeness (QED) is 0.761. The molecule has 2 amide bonds. The lowest BCUT2D eigenvalue weighted by Crippen LogP contribution is -2.42. The second-order valence-electron chi connectivity index (χ2n) is 5.61. The first-order chi connectivity index (χ1) is 12.4. The topological polar surface area (TPSA) is 84.5 Å². The van der Waals surface area contributed by atoms with Crippen LogP contribution >= 0.6 is 11.6 Å². The van der Waals surface area contributed by atoms with Crippen molar-refractivity contribution in [2.24, 2.45) is 0 Å². The molecule has 26 heavy (non-hydrogen) atoms. The molecule has 0 aliphatic heterocycles. The molecule has 0 bridgehead atoms. The molecule has 0 spiro atoms. The molecule has 0 heterocycles. The molecule has 0 aliphatic carbocycles. The number of carbonyl (C=O) groups is 3. The first-order valence-electron chi connectivity index (χ1n) is 8.00. The third-order valence-electron chi connectivity index (χ3n) is 3.52. The lowest BCUT2D eigenvalue weighted by Gasteiger charge is -2.18. The fourth-order valence-corrected chi connectivity index (χ4v) is 2.30. The molecule has 2 aromatic carbocycles. The van der Waals surface area contributed by atoms with E-state index in [1.807, 2.05) is 6.07 Å². The van der Waals surface area contributed by atoms with E-state index in [-0.39, 0.29) is 10.6 Å². The average molecular weight is 375 g/mol. The van der Waals surface area contributed by atoms with Crippen LogP contribution in [0.5, 0.6) is 0 Å². The van der Waals surface area contributed by atoms with Gasteiger partial charge in [-0.3, -0.25) is 9.59 Å². The number of hydrogen-bond donors (Lipinski definition) is 2. The first-order valence-corrected chi connectivity index (χ1v) is 8.38. The van der Waals surface area contributed by atoms with Gasteiger partial charge in [0, 0.05) is 5.69 Å². The summed E-state index contributed by atoms with van der Waals surface area (Å²) in [5, 5.41) is 5.42. The maximum absolute atomic E-state index is 12.2. The van der Waals surface area contributed by atoms with Crippen LogP contribution in [0, 0.1) is 0 Å². The predicted molar refractivity (Wildman–Crippen MR) is 99.0 cm³/mol. The standard InChI is InChI=1S/C19H19ClN2O4/c1-12(21-18(24)15-10-6-7-11-16(15)20)19(25)26-13(2)17(23)22-14-8-4-3-5-9-14/h3-13H,1-2H3,(H,21,24)(H,22,23)/t12-,13-/m1/s1. The zero-order valence-corrected chi connectivity index (χ0v) is 15.1. The zero-order chi connectivity index (χ0) is 19.1. The molecular weight excluding hydrogens is 356 g/mol. The molecule has 0 saturated carbocycles. The molecule has 7 heteroatoms. The molecule has 0 aromatic heterocycles. The maximum atomic E-state index is 12.2. The molecule has 0 fully saturated rings. The van der Waals surface area contributed by atoms with Gasteiger partial charge in [-0.1, -0.05) is 41.9 Å². The highest BCUT2D eigenvalue weighted by atomic mass is 35.5. The molecule has 0 saturated heterocycles. The molecule has 0 radical (unpaired) electrons. The van der Waals surface area contributed by atoms with E-state index in [0.717, 1.165) is 0 Å². The van der Waals surface area contributed by atoms with E-state index in [0.29, 0.717) is 5.69 Å². The molecule has 6 nitrogen and oxygen atoms in total. The summed E-state index contributed by atoms with van der Waals surface area (Å²) in [7, 11) is 0. The Morgan fingerprint density at radius 3 is 2.23 bits per heavy atom. The van der Waals surface area contributed by atoms with Gasteiger partial charge < -0.3 is 15.4 Å². The van der Waals surface area contributed by atoms with Crippen molar-refractivity contribution in [2.75, 3.05) is 5.32 Å². The third kappa shape index (κ3) is 5.32. The normalized spacial score (nSPS) is 12.6. The number of halogens is 1. The van der Waals surface area contributed by atoms with Crippen LogP contribution in [0.3, 0.4) is 0 Å². The van der Waals surface area contributed by atoms with Crippen molar-refractivity contribution < 1.29 is 19.1 Å². The van der Waals surface area contributed by atoms with Gasteiger partial charge in [0.2, 0.25) is 0 Å². The molecule has 136 valence electrons. The van der Waals surface area contributed by atoms with Crippen molar-refractivity contribution >= 4 is 35.1 Å². The van der Waals surface area contributed by atoms with E-state index < -0.39 is 29.9 Å². The summed E-state index contributed by atoms with van der Waals surface area (Å²) >= 11 is 5.96. The number of anilines is 1. The minimum absolute atomic E-state index is 0.253. The Morgan fingerprint density at radius 2 is 1.58 bits per heavy atom. The molecule has 2 N–H and O–H groups in total. The largest absolute Gasteiger partial charge is 0.451 e. The minimum atomic E-state index is -1.01. The van der Waals surface area contributed by atoms with Gasteiger partial charge in [0.1, 0.15) is 6.04 Å². The maximum Gasteiger partial charge on any atom is 0.329 e. The summed E-state index contributed by atoms with van der Waals surface area (Å²) in [6.45, 7) is 2.93. The van der Waals surface area contributed by atoms with Gasteiger partial charge in [-0.15, -0.1) is 0 Å². The SMILES string of the molecule is C[C@@H](NC(=O)c1ccccc1Cl)C(=O)O[C@H](C)C(=O)Nc1ccccc1. The highest BCUT2D eigenvalue weighted by molar-refractivity contribution is 6.33. The van der Waals surface area contributed by atoms with Crippen LogP contribution in [0.2, 0.25) is 5.02 Å². The van der Waals surface area contributed by atoms with Crippen molar-refractivity contribution in [3.05, 3.63) is 65.2 Å². The summed E-state index contributed by atoms with van der Waals surface area (Å²) in [6.07, 6.45) is -1.01. The van der Waals surface area contributed by atoms with E-state index in [1.165, 1.54) is 13.8 Å². The summed E-state index contributed by atoms with van der Waals surface area (Å²) in [6, 6.07) is 14.4. The Bertz CT molecular complexity index is 795. The van der Waals surface area contributed by atoms with Gasteiger partial charge in [-0.25, -0.2) is 4.79 Å². The number of carbonyl (C=O) groups excluding carboxylic acids is 3. The summed E-state index contributed by atoms with van der Waals surface area (Å²) in [5.41, 5.74) is 0.851. The lowest BCUT2D eigenvalue weighted by atomic mass is 10.2.